The van der Waals surface area contributed by atoms with E-state index in [1.807, 2.05) is 19.1 Å². The van der Waals surface area contributed by atoms with Gasteiger partial charge in [0.15, 0.2) is 5.82 Å². The molecule has 8 heteroatoms. The molecule has 2 heterocycles. The van der Waals surface area contributed by atoms with Crippen LogP contribution in [0.1, 0.15) is 34.0 Å². The summed E-state index contributed by atoms with van der Waals surface area (Å²) in [5, 5.41) is 21.7. The highest BCUT2D eigenvalue weighted by atomic mass is 32.1. The van der Waals surface area contributed by atoms with Crippen molar-refractivity contribution in [1.82, 2.24) is 19.8 Å². The summed E-state index contributed by atoms with van der Waals surface area (Å²) >= 11 is 1.10. The van der Waals surface area contributed by atoms with E-state index in [2.05, 4.69) is 15.3 Å². The van der Waals surface area contributed by atoms with E-state index in [1.54, 1.807) is 12.1 Å². The molecule has 2 aromatic heterocycles. The fourth-order valence-electron chi connectivity index (χ4n) is 1.91. The van der Waals surface area contributed by atoms with Crippen molar-refractivity contribution in [2.45, 2.75) is 12.8 Å². The Morgan fingerprint density at radius 3 is 2.70 bits per heavy atom. The molecule has 3 aromatic rings. The number of amides is 1. The number of rotatable bonds is 3. The number of fused-ring (bicyclic) bond motifs is 1. The number of aromatic hydroxyl groups is 1. The second kappa shape index (κ2) is 4.57. The lowest BCUT2D eigenvalue weighted by atomic mass is 10.0. The zero-order chi connectivity index (χ0) is 14.3. The van der Waals surface area contributed by atoms with Crippen molar-refractivity contribution < 1.29 is 9.90 Å². The van der Waals surface area contributed by atoms with Gasteiger partial charge in [0.05, 0.1) is 0 Å². The van der Waals surface area contributed by atoms with Crippen LogP contribution in [0.25, 0.3) is 4.96 Å². The molecule has 7 nitrogen and oxygen atoms in total. The predicted octanol–water partition coefficient (Wildman–Crippen LogP) is 1.14. The van der Waals surface area contributed by atoms with Crippen molar-refractivity contribution >= 4 is 22.2 Å². The number of aromatic nitrogens is 4. The number of phenols is 1. The summed E-state index contributed by atoms with van der Waals surface area (Å²) in [6, 6.07) is 6.84. The van der Waals surface area contributed by atoms with Gasteiger partial charge in [0, 0.05) is 5.92 Å². The minimum atomic E-state index is -0.580. The Balaban J connectivity index is 2.04. The fraction of sp³-hybridized carbons (Fsp3) is 0.167. The molecular weight excluding hydrogens is 278 g/mol. The first-order chi connectivity index (χ1) is 9.56. The highest BCUT2D eigenvalue weighted by Gasteiger charge is 2.20. The molecule has 0 saturated heterocycles. The maximum absolute atomic E-state index is 11.1. The van der Waals surface area contributed by atoms with E-state index in [0.717, 1.165) is 16.9 Å². The summed E-state index contributed by atoms with van der Waals surface area (Å²) in [5.74, 6) is 0.170. The summed E-state index contributed by atoms with van der Waals surface area (Å²) in [4.78, 5) is 11.7. The van der Waals surface area contributed by atoms with Gasteiger partial charge < -0.3 is 10.8 Å². The molecule has 0 spiro atoms. The number of phenolic OH excluding ortho intramolecular Hbond substituents is 1. The van der Waals surface area contributed by atoms with Gasteiger partial charge in [-0.2, -0.15) is 4.52 Å². The van der Waals surface area contributed by atoms with Crippen molar-refractivity contribution in [2.75, 3.05) is 0 Å². The first-order valence-electron chi connectivity index (χ1n) is 5.87. The quantitative estimate of drug-likeness (QED) is 0.752. The zero-order valence-electron chi connectivity index (χ0n) is 10.5. The number of nitrogens with zero attached hydrogens (tertiary/aromatic N) is 4. The predicted molar refractivity (Wildman–Crippen MR) is 72.8 cm³/mol. The first-order valence-corrected chi connectivity index (χ1v) is 6.69. The Morgan fingerprint density at radius 1 is 1.35 bits per heavy atom. The molecule has 0 saturated carbocycles. The fourth-order valence-corrected chi connectivity index (χ4v) is 2.61. The van der Waals surface area contributed by atoms with Crippen molar-refractivity contribution in [3.8, 4) is 5.75 Å². The Bertz CT molecular complexity index is 777. The monoisotopic (exact) mass is 289 g/mol. The molecule has 0 aliphatic heterocycles. The lowest BCUT2D eigenvalue weighted by Crippen LogP contribution is -2.11. The van der Waals surface area contributed by atoms with Gasteiger partial charge >= 0.3 is 0 Å². The molecule has 0 aliphatic carbocycles. The van der Waals surface area contributed by atoms with Crippen LogP contribution in [0.2, 0.25) is 0 Å². The summed E-state index contributed by atoms with van der Waals surface area (Å²) in [6.07, 6.45) is 0. The van der Waals surface area contributed by atoms with Crippen LogP contribution in [0.4, 0.5) is 0 Å². The number of benzene rings is 1. The summed E-state index contributed by atoms with van der Waals surface area (Å²) < 4.78 is 1.53. The topological polar surface area (TPSA) is 106 Å². The normalized spacial score (nSPS) is 12.7. The minimum Gasteiger partial charge on any atom is -0.508 e. The molecule has 1 aromatic carbocycles. The van der Waals surface area contributed by atoms with Gasteiger partial charge in [-0.1, -0.05) is 30.4 Å². The van der Waals surface area contributed by atoms with E-state index in [-0.39, 0.29) is 16.7 Å². The zero-order valence-corrected chi connectivity index (χ0v) is 11.3. The van der Waals surface area contributed by atoms with Crippen LogP contribution in [0.3, 0.4) is 0 Å². The number of carbonyl (C=O) groups excluding carboxylic acids is 1. The van der Waals surface area contributed by atoms with Crippen molar-refractivity contribution in [1.29, 1.82) is 0 Å². The molecule has 20 heavy (non-hydrogen) atoms. The van der Waals surface area contributed by atoms with E-state index in [4.69, 9.17) is 5.73 Å². The van der Waals surface area contributed by atoms with Crippen LogP contribution in [0.5, 0.6) is 5.75 Å². The number of nitrogens with two attached hydrogens (primary N) is 1. The highest BCUT2D eigenvalue weighted by molar-refractivity contribution is 7.18. The number of carbonyl (C=O) groups is 1. The average molecular weight is 289 g/mol. The van der Waals surface area contributed by atoms with Crippen molar-refractivity contribution in [3.63, 3.8) is 0 Å². The Kier molecular flexibility index (Phi) is 2.87. The molecule has 1 unspecified atom stereocenters. The van der Waals surface area contributed by atoms with E-state index >= 15 is 0 Å². The summed E-state index contributed by atoms with van der Waals surface area (Å²) in [7, 11) is 0. The smallest absolute Gasteiger partial charge is 0.279 e. The van der Waals surface area contributed by atoms with Crippen molar-refractivity contribution in [3.05, 3.63) is 40.7 Å². The van der Waals surface area contributed by atoms with Gasteiger partial charge in [-0.25, -0.2) is 0 Å². The van der Waals surface area contributed by atoms with Gasteiger partial charge in [0.25, 0.3) is 5.91 Å². The molecule has 102 valence electrons. The van der Waals surface area contributed by atoms with Gasteiger partial charge in [0.1, 0.15) is 5.75 Å². The average Bonchev–Trinajstić information content (AvgIpc) is 2.98. The molecular formula is C12H11N5O2S. The van der Waals surface area contributed by atoms with E-state index in [9.17, 15) is 9.90 Å². The number of hydrogen-bond acceptors (Lipinski definition) is 6. The lowest BCUT2D eigenvalue weighted by molar-refractivity contribution is 0.0999. The Morgan fingerprint density at radius 2 is 2.05 bits per heavy atom. The van der Waals surface area contributed by atoms with Gasteiger partial charge in [-0.05, 0) is 17.7 Å². The van der Waals surface area contributed by atoms with E-state index in [1.165, 1.54) is 4.52 Å². The van der Waals surface area contributed by atoms with E-state index < -0.39 is 5.91 Å². The number of hydrogen-bond donors (Lipinski definition) is 2. The molecule has 3 rings (SSSR count). The number of primary amides is 1. The second-order valence-electron chi connectivity index (χ2n) is 4.34. The van der Waals surface area contributed by atoms with Crippen LogP contribution >= 0.6 is 11.3 Å². The van der Waals surface area contributed by atoms with Crippen LogP contribution in [0.15, 0.2) is 24.3 Å². The van der Waals surface area contributed by atoms with Gasteiger partial charge in [-0.3, -0.25) is 4.79 Å². The lowest BCUT2D eigenvalue weighted by Gasteiger charge is -2.08. The van der Waals surface area contributed by atoms with Gasteiger partial charge in [-0.15, -0.1) is 15.3 Å². The molecule has 1 atom stereocenters. The molecule has 0 bridgehead atoms. The minimum absolute atomic E-state index is 0.0755. The Hall–Kier alpha value is -2.48. The molecule has 0 fully saturated rings. The molecule has 0 aliphatic rings. The van der Waals surface area contributed by atoms with Crippen LogP contribution in [-0.2, 0) is 0 Å². The molecule has 3 N–H and O–H groups in total. The maximum Gasteiger partial charge on any atom is 0.279 e. The SMILES string of the molecule is CC(c1ccc(O)cc1)c1nnc2sc(C(N)=O)nn12. The summed E-state index contributed by atoms with van der Waals surface area (Å²) in [6.45, 7) is 1.95. The van der Waals surface area contributed by atoms with Crippen LogP contribution < -0.4 is 5.73 Å². The molecule has 1 amide bonds. The third-order valence-electron chi connectivity index (χ3n) is 3.01. The highest BCUT2D eigenvalue weighted by Crippen LogP contribution is 2.25. The third-order valence-corrected chi connectivity index (χ3v) is 3.92. The maximum atomic E-state index is 11.1. The molecule has 0 radical (unpaired) electrons. The first kappa shape index (κ1) is 12.5. The standard InChI is InChI=1S/C12H11N5O2S/c1-6(7-2-4-8(18)5-3-7)10-14-15-12-17(10)16-11(20-12)9(13)19/h2-6,18H,1H3,(H2,13,19). The third kappa shape index (κ3) is 1.99. The Labute approximate surface area is 117 Å². The summed E-state index contributed by atoms with van der Waals surface area (Å²) in [5.41, 5.74) is 6.17. The largest absolute Gasteiger partial charge is 0.508 e. The van der Waals surface area contributed by atoms with Crippen LogP contribution in [0, 0.1) is 0 Å². The van der Waals surface area contributed by atoms with E-state index in [0.29, 0.717) is 10.8 Å². The second-order valence-corrected chi connectivity index (χ2v) is 5.29. The van der Waals surface area contributed by atoms with Gasteiger partial charge in [0.2, 0.25) is 9.97 Å². The van der Waals surface area contributed by atoms with Crippen molar-refractivity contribution in [2.24, 2.45) is 5.73 Å². The van der Waals surface area contributed by atoms with Crippen LogP contribution in [-0.4, -0.2) is 30.8 Å².